The van der Waals surface area contributed by atoms with Gasteiger partial charge in [-0.1, -0.05) is 24.3 Å². The van der Waals surface area contributed by atoms with Crippen LogP contribution in [0.5, 0.6) is 0 Å². The molecule has 0 aromatic heterocycles. The number of likely N-dealkylation sites (N-methyl/N-ethyl adjacent to an activating group) is 1. The van der Waals surface area contributed by atoms with Gasteiger partial charge in [-0.3, -0.25) is 0 Å². The molecule has 0 spiro atoms. The lowest BCUT2D eigenvalue weighted by atomic mass is 9.88. The number of hydrogen-bond acceptors (Lipinski definition) is 2. The van der Waals surface area contributed by atoms with E-state index in [0.29, 0.717) is 5.92 Å². The van der Waals surface area contributed by atoms with Crippen LogP contribution < -0.4 is 10.6 Å². The lowest BCUT2D eigenvalue weighted by molar-refractivity contribution is 0.480. The highest BCUT2D eigenvalue weighted by Gasteiger charge is 2.12. The van der Waals surface area contributed by atoms with Crippen LogP contribution in [0.25, 0.3) is 0 Å². The Labute approximate surface area is 87.5 Å². The predicted molar refractivity (Wildman–Crippen MR) is 62.3 cm³/mol. The second-order valence-corrected chi connectivity index (χ2v) is 3.93. The van der Waals surface area contributed by atoms with Crippen molar-refractivity contribution in [2.24, 2.45) is 11.8 Å². The summed E-state index contributed by atoms with van der Waals surface area (Å²) in [7, 11) is 4.00. The Hall–Kier alpha value is -0.600. The van der Waals surface area contributed by atoms with E-state index >= 15 is 0 Å². The van der Waals surface area contributed by atoms with E-state index in [9.17, 15) is 0 Å². The van der Waals surface area contributed by atoms with Gasteiger partial charge in [-0.2, -0.15) is 0 Å². The minimum absolute atomic E-state index is 0.663. The normalized spacial score (nSPS) is 27.3. The van der Waals surface area contributed by atoms with Crippen LogP contribution in [-0.4, -0.2) is 27.2 Å². The standard InChI is InChI=1S/C12H22N2/c1-13-9-3-4-11-5-7-12(8-6-11)10-14-2/h3-5,7,11-14H,6,8-10H2,1-2H3/b4-3+. The van der Waals surface area contributed by atoms with Crippen LogP contribution in [-0.2, 0) is 0 Å². The second-order valence-electron chi connectivity index (χ2n) is 3.93. The summed E-state index contributed by atoms with van der Waals surface area (Å²) in [4.78, 5) is 0. The summed E-state index contributed by atoms with van der Waals surface area (Å²) in [5, 5.41) is 6.34. The topological polar surface area (TPSA) is 24.1 Å². The molecule has 0 aromatic rings. The van der Waals surface area contributed by atoms with Crippen LogP contribution in [0.15, 0.2) is 24.3 Å². The highest BCUT2D eigenvalue weighted by atomic mass is 14.8. The van der Waals surface area contributed by atoms with E-state index in [1.807, 2.05) is 14.1 Å². The molecule has 0 saturated carbocycles. The first-order valence-corrected chi connectivity index (χ1v) is 5.51. The van der Waals surface area contributed by atoms with Crippen LogP contribution >= 0.6 is 0 Å². The monoisotopic (exact) mass is 194 g/mol. The number of rotatable bonds is 5. The van der Waals surface area contributed by atoms with Crippen molar-refractivity contribution in [1.82, 2.24) is 10.6 Å². The van der Waals surface area contributed by atoms with Crippen molar-refractivity contribution in [2.45, 2.75) is 12.8 Å². The minimum atomic E-state index is 0.663. The van der Waals surface area contributed by atoms with Crippen molar-refractivity contribution >= 4 is 0 Å². The SMILES string of the molecule is CNC/C=C/C1C=CC(CNC)CC1. The maximum atomic E-state index is 3.23. The van der Waals surface area contributed by atoms with Crippen molar-refractivity contribution < 1.29 is 0 Å². The van der Waals surface area contributed by atoms with Gasteiger partial charge in [-0.25, -0.2) is 0 Å². The van der Waals surface area contributed by atoms with Crippen molar-refractivity contribution in [3.05, 3.63) is 24.3 Å². The number of nitrogens with one attached hydrogen (secondary N) is 2. The van der Waals surface area contributed by atoms with Crippen LogP contribution in [0.3, 0.4) is 0 Å². The lowest BCUT2D eigenvalue weighted by Crippen LogP contribution is -2.20. The molecule has 1 aliphatic carbocycles. The Morgan fingerprint density at radius 1 is 1.21 bits per heavy atom. The fourth-order valence-electron chi connectivity index (χ4n) is 1.85. The molecule has 2 heteroatoms. The van der Waals surface area contributed by atoms with Crippen LogP contribution in [0.4, 0.5) is 0 Å². The summed E-state index contributed by atoms with van der Waals surface area (Å²) in [6.07, 6.45) is 11.8. The third kappa shape index (κ3) is 4.07. The molecule has 0 saturated heterocycles. The molecule has 0 heterocycles. The van der Waals surface area contributed by atoms with E-state index in [-0.39, 0.29) is 0 Å². The van der Waals surface area contributed by atoms with E-state index < -0.39 is 0 Å². The van der Waals surface area contributed by atoms with Crippen LogP contribution in [0.2, 0.25) is 0 Å². The quantitative estimate of drug-likeness (QED) is 0.649. The van der Waals surface area contributed by atoms with Gasteiger partial charge in [0, 0.05) is 13.1 Å². The van der Waals surface area contributed by atoms with Gasteiger partial charge >= 0.3 is 0 Å². The molecule has 2 N–H and O–H groups in total. The van der Waals surface area contributed by atoms with E-state index in [0.717, 1.165) is 19.0 Å². The third-order valence-electron chi connectivity index (χ3n) is 2.67. The fourth-order valence-corrected chi connectivity index (χ4v) is 1.85. The Kier molecular flexibility index (Phi) is 5.57. The number of allylic oxidation sites excluding steroid dienone is 2. The molecular weight excluding hydrogens is 172 g/mol. The van der Waals surface area contributed by atoms with Crippen LogP contribution in [0.1, 0.15) is 12.8 Å². The molecule has 0 aromatic carbocycles. The van der Waals surface area contributed by atoms with Crippen molar-refractivity contribution in [2.75, 3.05) is 27.2 Å². The maximum Gasteiger partial charge on any atom is 0.0132 e. The summed E-state index contributed by atoms with van der Waals surface area (Å²) in [6.45, 7) is 2.09. The molecule has 0 amide bonds. The first-order chi connectivity index (χ1) is 6.86. The van der Waals surface area contributed by atoms with Crippen molar-refractivity contribution in [3.8, 4) is 0 Å². The highest BCUT2D eigenvalue weighted by Crippen LogP contribution is 2.22. The summed E-state index contributed by atoms with van der Waals surface area (Å²) in [5.41, 5.74) is 0. The summed E-state index contributed by atoms with van der Waals surface area (Å²) in [5.74, 6) is 1.41. The fraction of sp³-hybridized carbons (Fsp3) is 0.667. The molecule has 0 fully saturated rings. The van der Waals surface area contributed by atoms with Gasteiger partial charge in [0.2, 0.25) is 0 Å². The van der Waals surface area contributed by atoms with E-state index in [1.54, 1.807) is 0 Å². The first-order valence-electron chi connectivity index (χ1n) is 5.51. The summed E-state index contributed by atoms with van der Waals surface area (Å²) >= 11 is 0. The molecule has 14 heavy (non-hydrogen) atoms. The molecule has 0 radical (unpaired) electrons. The summed E-state index contributed by atoms with van der Waals surface area (Å²) in [6, 6.07) is 0. The second kappa shape index (κ2) is 6.80. The molecule has 1 rings (SSSR count). The van der Waals surface area contributed by atoms with E-state index in [1.165, 1.54) is 12.8 Å². The zero-order chi connectivity index (χ0) is 10.2. The van der Waals surface area contributed by atoms with Gasteiger partial charge in [0.1, 0.15) is 0 Å². The van der Waals surface area contributed by atoms with Gasteiger partial charge in [-0.05, 0) is 38.8 Å². The molecular formula is C12H22N2. The van der Waals surface area contributed by atoms with Crippen LogP contribution in [0, 0.1) is 11.8 Å². The number of hydrogen-bond donors (Lipinski definition) is 2. The average molecular weight is 194 g/mol. The van der Waals surface area contributed by atoms with E-state index in [4.69, 9.17) is 0 Å². The van der Waals surface area contributed by atoms with Gasteiger partial charge in [0.05, 0.1) is 0 Å². The molecule has 2 atom stereocenters. The maximum absolute atomic E-state index is 3.23. The van der Waals surface area contributed by atoms with E-state index in [2.05, 4.69) is 34.9 Å². The first kappa shape index (κ1) is 11.5. The van der Waals surface area contributed by atoms with Gasteiger partial charge in [-0.15, -0.1) is 0 Å². The van der Waals surface area contributed by atoms with Crippen molar-refractivity contribution in [3.63, 3.8) is 0 Å². The Balaban J connectivity index is 2.28. The average Bonchev–Trinajstić information content (AvgIpc) is 2.21. The van der Waals surface area contributed by atoms with Gasteiger partial charge in [0.15, 0.2) is 0 Å². The molecule has 0 aliphatic heterocycles. The molecule has 2 unspecified atom stereocenters. The molecule has 80 valence electrons. The largest absolute Gasteiger partial charge is 0.319 e. The molecule has 2 nitrogen and oxygen atoms in total. The highest BCUT2D eigenvalue weighted by molar-refractivity contribution is 5.06. The van der Waals surface area contributed by atoms with Gasteiger partial charge < -0.3 is 10.6 Å². The zero-order valence-corrected chi connectivity index (χ0v) is 9.29. The van der Waals surface area contributed by atoms with Crippen molar-refractivity contribution in [1.29, 1.82) is 0 Å². The van der Waals surface area contributed by atoms with Gasteiger partial charge in [0.25, 0.3) is 0 Å². The predicted octanol–water partition coefficient (Wildman–Crippen LogP) is 1.56. The Morgan fingerprint density at radius 3 is 2.64 bits per heavy atom. The zero-order valence-electron chi connectivity index (χ0n) is 9.29. The Bertz CT molecular complexity index is 196. The third-order valence-corrected chi connectivity index (χ3v) is 2.67. The molecule has 1 aliphatic rings. The Morgan fingerprint density at radius 2 is 2.07 bits per heavy atom. The molecule has 0 bridgehead atoms. The smallest absolute Gasteiger partial charge is 0.0132 e. The minimum Gasteiger partial charge on any atom is -0.319 e. The lowest BCUT2D eigenvalue weighted by Gasteiger charge is -2.20. The summed E-state index contributed by atoms with van der Waals surface area (Å²) < 4.78 is 0.